The van der Waals surface area contributed by atoms with E-state index in [0.29, 0.717) is 0 Å². The van der Waals surface area contributed by atoms with E-state index in [1.807, 2.05) is 18.2 Å². The Balaban J connectivity index is 1.46. The zero-order chi connectivity index (χ0) is 15.3. The summed E-state index contributed by atoms with van der Waals surface area (Å²) in [6, 6.07) is 10.3. The van der Waals surface area contributed by atoms with Gasteiger partial charge < -0.3 is 10.2 Å². The summed E-state index contributed by atoms with van der Waals surface area (Å²) in [5.74, 6) is 0.239. The highest BCUT2D eigenvalue weighted by Gasteiger charge is 2.45. The Morgan fingerprint density at radius 2 is 1.77 bits per heavy atom. The monoisotopic (exact) mass is 300 g/mol. The van der Waals surface area contributed by atoms with Crippen LogP contribution in [0.25, 0.3) is 0 Å². The predicted octanol–water partition coefficient (Wildman–Crippen LogP) is 3.10. The molecule has 1 aliphatic heterocycles. The molecule has 1 amide bonds. The molecule has 1 aromatic rings. The molecule has 0 unspecified atom stereocenters. The summed E-state index contributed by atoms with van der Waals surface area (Å²) in [6.45, 7) is 4.41. The lowest BCUT2D eigenvalue weighted by molar-refractivity contribution is -0.129. The number of nitrogens with zero attached hydrogens (tertiary/aromatic N) is 1. The van der Waals surface area contributed by atoms with E-state index in [9.17, 15) is 4.79 Å². The van der Waals surface area contributed by atoms with Gasteiger partial charge in [-0.2, -0.15) is 0 Å². The smallest absolute Gasteiger partial charge is 0.230 e. The van der Waals surface area contributed by atoms with E-state index in [-0.39, 0.29) is 11.3 Å². The number of hydrogen-bond donors (Lipinski definition) is 1. The second-order valence-corrected chi connectivity index (χ2v) is 6.81. The molecule has 2 fully saturated rings. The molecule has 3 nitrogen and oxygen atoms in total. The molecule has 1 N–H and O–H groups in total. The van der Waals surface area contributed by atoms with Crippen molar-refractivity contribution < 1.29 is 4.79 Å². The van der Waals surface area contributed by atoms with E-state index in [4.69, 9.17) is 0 Å². The fraction of sp³-hybridized carbons (Fsp3) is 0.632. The number of benzene rings is 1. The van der Waals surface area contributed by atoms with Gasteiger partial charge in [0.25, 0.3) is 0 Å². The summed E-state index contributed by atoms with van der Waals surface area (Å²) in [6.07, 6.45) is 8.27. The van der Waals surface area contributed by atoms with Crippen LogP contribution in [0.4, 0.5) is 0 Å². The van der Waals surface area contributed by atoms with Crippen molar-refractivity contribution in [2.45, 2.75) is 50.4 Å². The first-order valence-corrected chi connectivity index (χ1v) is 8.87. The summed E-state index contributed by atoms with van der Waals surface area (Å²) in [7, 11) is 0. The third-order valence-corrected chi connectivity index (χ3v) is 5.35. The molecule has 1 saturated heterocycles. The predicted molar refractivity (Wildman–Crippen MR) is 89.9 cm³/mol. The molecule has 22 heavy (non-hydrogen) atoms. The summed E-state index contributed by atoms with van der Waals surface area (Å²) < 4.78 is 0. The van der Waals surface area contributed by atoms with Crippen molar-refractivity contribution in [3.8, 4) is 0 Å². The molecule has 2 aliphatic rings. The summed E-state index contributed by atoms with van der Waals surface area (Å²) in [5, 5.41) is 3.20. The molecule has 0 radical (unpaired) electrons. The van der Waals surface area contributed by atoms with Gasteiger partial charge in [-0.1, -0.05) is 43.2 Å². The quantitative estimate of drug-likeness (QED) is 0.819. The van der Waals surface area contributed by atoms with Crippen molar-refractivity contribution in [2.75, 3.05) is 26.2 Å². The van der Waals surface area contributed by atoms with Crippen molar-refractivity contribution in [2.24, 2.45) is 0 Å². The Morgan fingerprint density at radius 3 is 2.41 bits per heavy atom. The van der Waals surface area contributed by atoms with Crippen LogP contribution in [0.2, 0.25) is 0 Å². The Labute approximate surface area is 134 Å². The maximum Gasteiger partial charge on any atom is 0.230 e. The van der Waals surface area contributed by atoms with Crippen LogP contribution in [0.15, 0.2) is 30.3 Å². The van der Waals surface area contributed by atoms with Crippen molar-refractivity contribution >= 4 is 5.91 Å². The lowest BCUT2D eigenvalue weighted by Gasteiger charge is -2.40. The van der Waals surface area contributed by atoms with E-state index < -0.39 is 0 Å². The van der Waals surface area contributed by atoms with Gasteiger partial charge in [-0.15, -0.1) is 0 Å². The van der Waals surface area contributed by atoms with Crippen LogP contribution in [0, 0.1) is 0 Å². The van der Waals surface area contributed by atoms with Gasteiger partial charge in [0, 0.05) is 6.54 Å². The number of carbonyl (C=O) groups is 1. The maximum absolute atomic E-state index is 12.7. The number of piperidine rings is 1. The third-order valence-electron chi connectivity index (χ3n) is 5.35. The molecule has 120 valence electrons. The first kappa shape index (κ1) is 15.5. The second-order valence-electron chi connectivity index (χ2n) is 6.81. The van der Waals surface area contributed by atoms with Crippen LogP contribution in [0.5, 0.6) is 0 Å². The Bertz CT molecular complexity index is 475. The van der Waals surface area contributed by atoms with Gasteiger partial charge in [0.15, 0.2) is 0 Å². The average Bonchev–Trinajstić information content (AvgIpc) is 2.53. The van der Waals surface area contributed by atoms with Crippen LogP contribution in [0.3, 0.4) is 0 Å². The molecule has 1 aliphatic carbocycles. The molecular weight excluding hydrogens is 272 g/mol. The van der Waals surface area contributed by atoms with Crippen LogP contribution in [-0.2, 0) is 10.2 Å². The van der Waals surface area contributed by atoms with E-state index in [1.165, 1.54) is 37.9 Å². The summed E-state index contributed by atoms with van der Waals surface area (Å²) in [4.78, 5) is 15.2. The van der Waals surface area contributed by atoms with Crippen LogP contribution >= 0.6 is 0 Å². The number of likely N-dealkylation sites (tertiary alicyclic amines) is 1. The van der Waals surface area contributed by atoms with Gasteiger partial charge in [0.2, 0.25) is 5.91 Å². The largest absolute Gasteiger partial charge is 0.355 e. The molecule has 3 heteroatoms. The van der Waals surface area contributed by atoms with Crippen LogP contribution < -0.4 is 5.32 Å². The third kappa shape index (κ3) is 3.35. The number of hydrogen-bond acceptors (Lipinski definition) is 2. The minimum atomic E-state index is -0.244. The van der Waals surface area contributed by atoms with E-state index in [2.05, 4.69) is 22.3 Å². The fourth-order valence-corrected chi connectivity index (χ4v) is 3.79. The highest BCUT2D eigenvalue weighted by Crippen LogP contribution is 2.43. The van der Waals surface area contributed by atoms with Gasteiger partial charge in [-0.3, -0.25) is 4.79 Å². The van der Waals surface area contributed by atoms with Gasteiger partial charge in [0.05, 0.1) is 5.41 Å². The fourth-order valence-electron chi connectivity index (χ4n) is 3.79. The number of nitrogens with one attached hydrogen (secondary N) is 1. The lowest BCUT2D eigenvalue weighted by Crippen LogP contribution is -2.49. The Morgan fingerprint density at radius 1 is 1.05 bits per heavy atom. The van der Waals surface area contributed by atoms with Crippen molar-refractivity contribution in [1.82, 2.24) is 10.2 Å². The van der Waals surface area contributed by atoms with Crippen molar-refractivity contribution in [3.63, 3.8) is 0 Å². The minimum Gasteiger partial charge on any atom is -0.355 e. The number of carbonyl (C=O) groups excluding carboxylic acids is 1. The van der Waals surface area contributed by atoms with Gasteiger partial charge in [-0.25, -0.2) is 0 Å². The molecule has 0 aromatic heterocycles. The maximum atomic E-state index is 12.7. The zero-order valence-electron chi connectivity index (χ0n) is 13.5. The number of rotatable bonds is 6. The molecule has 0 spiro atoms. The molecule has 0 atom stereocenters. The standard InChI is InChI=1S/C19H28N2O/c22-18(20-13-8-16-21-14-5-2-6-15-21)19(11-7-12-19)17-9-3-1-4-10-17/h1,3-4,9-10H,2,5-8,11-16H2,(H,20,22). The molecule has 1 aromatic carbocycles. The van der Waals surface area contributed by atoms with E-state index in [0.717, 1.165) is 38.8 Å². The lowest BCUT2D eigenvalue weighted by atomic mass is 9.64. The first-order chi connectivity index (χ1) is 10.8. The summed E-state index contributed by atoms with van der Waals surface area (Å²) in [5.41, 5.74) is 0.946. The number of amides is 1. The van der Waals surface area contributed by atoms with Gasteiger partial charge in [0.1, 0.15) is 0 Å². The molecular formula is C19H28N2O. The van der Waals surface area contributed by atoms with Gasteiger partial charge in [-0.05, 0) is 57.3 Å². The second kappa shape index (κ2) is 7.28. The average molecular weight is 300 g/mol. The first-order valence-electron chi connectivity index (χ1n) is 8.87. The van der Waals surface area contributed by atoms with Crippen molar-refractivity contribution in [3.05, 3.63) is 35.9 Å². The molecule has 1 heterocycles. The summed E-state index contributed by atoms with van der Waals surface area (Å²) >= 11 is 0. The van der Waals surface area contributed by atoms with Crippen LogP contribution in [-0.4, -0.2) is 37.0 Å². The Kier molecular flexibility index (Phi) is 5.14. The van der Waals surface area contributed by atoms with E-state index in [1.54, 1.807) is 0 Å². The topological polar surface area (TPSA) is 32.3 Å². The highest BCUT2D eigenvalue weighted by atomic mass is 16.2. The van der Waals surface area contributed by atoms with Crippen LogP contribution in [0.1, 0.15) is 50.5 Å². The Hall–Kier alpha value is -1.35. The van der Waals surface area contributed by atoms with E-state index >= 15 is 0 Å². The van der Waals surface area contributed by atoms with Crippen molar-refractivity contribution in [1.29, 1.82) is 0 Å². The molecule has 1 saturated carbocycles. The zero-order valence-corrected chi connectivity index (χ0v) is 13.5. The van der Waals surface area contributed by atoms with Gasteiger partial charge >= 0.3 is 0 Å². The minimum absolute atomic E-state index is 0.239. The molecule has 0 bridgehead atoms. The SMILES string of the molecule is O=C(NCCCN1CCCCC1)C1(c2ccccc2)CCC1. The highest BCUT2D eigenvalue weighted by molar-refractivity contribution is 5.89. The normalized spacial score (nSPS) is 21.1. The molecule has 3 rings (SSSR count).